The summed E-state index contributed by atoms with van der Waals surface area (Å²) in [6, 6.07) is -0.576. The van der Waals surface area contributed by atoms with Crippen molar-refractivity contribution in [2.75, 3.05) is 26.2 Å². The van der Waals surface area contributed by atoms with Crippen molar-refractivity contribution < 1.29 is 13.6 Å². The van der Waals surface area contributed by atoms with E-state index in [9.17, 15) is 13.6 Å². The Morgan fingerprint density at radius 2 is 2.10 bits per heavy atom. The first kappa shape index (κ1) is 16.3. The molecule has 0 aromatic rings. The number of piperidine rings is 1. The second-order valence-corrected chi connectivity index (χ2v) is 6.90. The van der Waals surface area contributed by atoms with E-state index in [1.54, 1.807) is 4.90 Å². The highest BCUT2D eigenvalue weighted by Crippen LogP contribution is 2.34. The van der Waals surface area contributed by atoms with Crippen molar-refractivity contribution in [3.05, 3.63) is 0 Å². The van der Waals surface area contributed by atoms with Gasteiger partial charge in [-0.15, -0.1) is 11.7 Å². The number of alkyl halides is 2. The molecule has 2 saturated heterocycles. The van der Waals surface area contributed by atoms with Gasteiger partial charge in [-0.2, -0.15) is 0 Å². The fourth-order valence-electron chi connectivity index (χ4n) is 2.90. The van der Waals surface area contributed by atoms with Crippen molar-refractivity contribution in [2.24, 2.45) is 0 Å². The molecule has 2 rings (SSSR count). The number of hydrogen-bond acceptors (Lipinski definition) is 5. The van der Waals surface area contributed by atoms with Gasteiger partial charge in [-0.05, 0) is 20.3 Å². The van der Waals surface area contributed by atoms with Crippen molar-refractivity contribution in [2.45, 2.75) is 44.3 Å². The summed E-state index contributed by atoms with van der Waals surface area (Å²) in [5.41, 5.74) is 0. The Balaban J connectivity index is 1.84. The zero-order valence-corrected chi connectivity index (χ0v) is 13.4. The average Bonchev–Trinajstić information content (AvgIpc) is 2.32. The fraction of sp³-hybridized carbons (Fsp3) is 0.917. The summed E-state index contributed by atoms with van der Waals surface area (Å²) in [6.45, 7) is 5.43. The van der Waals surface area contributed by atoms with Crippen LogP contribution in [0.25, 0.3) is 0 Å². The molecule has 20 heavy (non-hydrogen) atoms. The second kappa shape index (κ2) is 6.37. The lowest BCUT2D eigenvalue weighted by Crippen LogP contribution is -2.68. The van der Waals surface area contributed by atoms with Gasteiger partial charge in [0, 0.05) is 36.5 Å². The van der Waals surface area contributed by atoms with Crippen LogP contribution in [0.2, 0.25) is 0 Å². The number of nitrogens with zero attached hydrogens (tertiary/aromatic N) is 2. The van der Waals surface area contributed by atoms with Gasteiger partial charge < -0.3 is 5.32 Å². The Kier molecular flexibility index (Phi) is 5.20. The van der Waals surface area contributed by atoms with Crippen LogP contribution in [0.1, 0.15) is 20.3 Å². The summed E-state index contributed by atoms with van der Waals surface area (Å²) in [7, 11) is 0.814. The zero-order valence-electron chi connectivity index (χ0n) is 11.7. The van der Waals surface area contributed by atoms with Gasteiger partial charge in [0.25, 0.3) is 11.2 Å². The largest absolute Gasteiger partial charge is 0.341 e. The molecule has 2 aliphatic heterocycles. The number of thiol groups is 1. The van der Waals surface area contributed by atoms with Gasteiger partial charge in [-0.3, -0.25) is 14.6 Å². The Morgan fingerprint density at radius 1 is 1.45 bits per heavy atom. The molecule has 1 N–H and O–H groups in total. The van der Waals surface area contributed by atoms with E-state index in [-0.39, 0.29) is 23.9 Å². The van der Waals surface area contributed by atoms with Crippen LogP contribution in [0, 0.1) is 0 Å². The molecule has 116 valence electrons. The van der Waals surface area contributed by atoms with E-state index in [0.29, 0.717) is 26.1 Å². The SMILES string of the molecule is CC(C)N1CCC(N2CC(NC(=O)SS)C2)C(F)(F)C1. The molecule has 1 atom stereocenters. The Bertz CT molecular complexity index is 365. The number of rotatable bonds is 3. The highest BCUT2D eigenvalue weighted by Gasteiger charge is 2.50. The van der Waals surface area contributed by atoms with E-state index in [2.05, 4.69) is 17.0 Å². The zero-order chi connectivity index (χ0) is 14.9. The Labute approximate surface area is 127 Å². The molecule has 0 bridgehead atoms. The maximum atomic E-state index is 14.2. The second-order valence-electron chi connectivity index (χ2n) is 5.80. The summed E-state index contributed by atoms with van der Waals surface area (Å²) in [5.74, 6) is -2.68. The summed E-state index contributed by atoms with van der Waals surface area (Å²) in [6.07, 6.45) is 0.479. The van der Waals surface area contributed by atoms with Crippen LogP contribution < -0.4 is 5.32 Å². The minimum atomic E-state index is -2.68. The molecule has 0 spiro atoms. The normalized spacial score (nSPS) is 28.4. The van der Waals surface area contributed by atoms with Crippen LogP contribution >= 0.6 is 22.5 Å². The van der Waals surface area contributed by atoms with Crippen LogP contribution in [0.5, 0.6) is 0 Å². The molecule has 0 radical (unpaired) electrons. The van der Waals surface area contributed by atoms with E-state index >= 15 is 0 Å². The van der Waals surface area contributed by atoms with Crippen LogP contribution in [-0.4, -0.2) is 65.3 Å². The van der Waals surface area contributed by atoms with Crippen molar-refractivity contribution in [3.8, 4) is 0 Å². The van der Waals surface area contributed by atoms with E-state index in [1.807, 2.05) is 18.7 Å². The maximum absolute atomic E-state index is 14.2. The number of hydrogen-bond donors (Lipinski definition) is 2. The fourth-order valence-corrected chi connectivity index (χ4v) is 3.27. The summed E-state index contributed by atoms with van der Waals surface area (Å²) < 4.78 is 28.4. The minimum Gasteiger partial charge on any atom is -0.341 e. The number of amides is 1. The molecule has 8 heteroatoms. The summed E-state index contributed by atoms with van der Waals surface area (Å²) >= 11 is 3.80. The van der Waals surface area contributed by atoms with Crippen molar-refractivity contribution in [3.63, 3.8) is 0 Å². The third-order valence-corrected chi connectivity index (χ3v) is 4.86. The Hall–Kier alpha value is -0.0500. The van der Waals surface area contributed by atoms with Gasteiger partial charge in [0.15, 0.2) is 0 Å². The van der Waals surface area contributed by atoms with Crippen LogP contribution in [0.3, 0.4) is 0 Å². The molecule has 1 unspecified atom stereocenters. The Morgan fingerprint density at radius 3 is 2.60 bits per heavy atom. The predicted molar refractivity (Wildman–Crippen MR) is 80.5 cm³/mol. The molecule has 1 amide bonds. The van der Waals surface area contributed by atoms with Gasteiger partial charge in [-0.1, -0.05) is 0 Å². The smallest absolute Gasteiger partial charge is 0.289 e. The lowest BCUT2D eigenvalue weighted by atomic mass is 9.93. The topological polar surface area (TPSA) is 35.6 Å². The molecule has 2 fully saturated rings. The number of nitrogens with one attached hydrogen (secondary N) is 1. The number of carbonyl (C=O) groups is 1. The average molecular weight is 325 g/mol. The number of halogens is 2. The lowest BCUT2D eigenvalue weighted by molar-refractivity contribution is -0.147. The van der Waals surface area contributed by atoms with E-state index in [1.165, 1.54) is 0 Å². The van der Waals surface area contributed by atoms with Crippen LogP contribution in [-0.2, 0) is 0 Å². The lowest BCUT2D eigenvalue weighted by Gasteiger charge is -2.50. The molecule has 0 aliphatic carbocycles. The first-order valence-corrected chi connectivity index (χ1v) is 8.68. The van der Waals surface area contributed by atoms with E-state index < -0.39 is 12.0 Å². The van der Waals surface area contributed by atoms with Gasteiger partial charge in [0.05, 0.1) is 18.6 Å². The molecule has 0 aromatic heterocycles. The quantitative estimate of drug-likeness (QED) is 0.615. The highest BCUT2D eigenvalue weighted by molar-refractivity contribution is 8.74. The van der Waals surface area contributed by atoms with Crippen LogP contribution in [0.4, 0.5) is 13.6 Å². The molecule has 0 saturated carbocycles. The molecule has 0 aromatic carbocycles. The highest BCUT2D eigenvalue weighted by atomic mass is 33.1. The molecular formula is C12H21F2N3OS2. The van der Waals surface area contributed by atoms with Gasteiger partial charge >= 0.3 is 0 Å². The van der Waals surface area contributed by atoms with Gasteiger partial charge in [0.1, 0.15) is 0 Å². The number of likely N-dealkylation sites (tertiary alicyclic amines) is 2. The van der Waals surface area contributed by atoms with Crippen molar-refractivity contribution in [1.29, 1.82) is 0 Å². The summed E-state index contributed by atoms with van der Waals surface area (Å²) in [5, 5.41) is 2.52. The first-order chi connectivity index (χ1) is 9.33. The molecule has 2 heterocycles. The molecule has 4 nitrogen and oxygen atoms in total. The predicted octanol–water partition coefficient (Wildman–Crippen LogP) is 2.08. The number of carbonyl (C=O) groups excluding carboxylic acids is 1. The van der Waals surface area contributed by atoms with Gasteiger partial charge in [-0.25, -0.2) is 8.78 Å². The van der Waals surface area contributed by atoms with Crippen LogP contribution in [0.15, 0.2) is 0 Å². The standard InChI is InChI=1S/C12H21F2N3OS2/c1-8(2)16-4-3-10(12(13,14)7-16)17-5-9(6-17)15-11(18)20-19/h8-10,19H,3-7H2,1-2H3,(H,15,18). The van der Waals surface area contributed by atoms with E-state index in [0.717, 1.165) is 10.8 Å². The third-order valence-electron chi connectivity index (χ3n) is 4.08. The van der Waals surface area contributed by atoms with E-state index in [4.69, 9.17) is 0 Å². The molecular weight excluding hydrogens is 304 g/mol. The third kappa shape index (κ3) is 3.58. The van der Waals surface area contributed by atoms with Crippen molar-refractivity contribution >= 4 is 27.7 Å². The molecule has 2 aliphatic rings. The summed E-state index contributed by atoms with van der Waals surface area (Å²) in [4.78, 5) is 14.8. The van der Waals surface area contributed by atoms with Crippen molar-refractivity contribution in [1.82, 2.24) is 15.1 Å². The monoisotopic (exact) mass is 325 g/mol. The maximum Gasteiger partial charge on any atom is 0.289 e. The van der Waals surface area contributed by atoms with Gasteiger partial charge in [0.2, 0.25) is 0 Å². The minimum absolute atomic E-state index is 0.0268. The first-order valence-electron chi connectivity index (χ1n) is 6.81.